The smallest absolute Gasteiger partial charge is 0.387 e. The molecular weight excluding hydrogens is 336 g/mol. The fourth-order valence-corrected chi connectivity index (χ4v) is 2.80. The molecule has 1 aromatic heterocycles. The maximum absolute atomic E-state index is 12.4. The number of likely N-dealkylation sites (tertiary alicyclic amines) is 1. The molecule has 136 valence electrons. The third kappa shape index (κ3) is 4.43. The minimum atomic E-state index is -2.93. The fourth-order valence-electron chi connectivity index (χ4n) is 2.80. The predicted octanol–water partition coefficient (Wildman–Crippen LogP) is 2.30. The van der Waals surface area contributed by atoms with Crippen molar-refractivity contribution in [3.8, 4) is 22.9 Å². The number of hydrogen-bond acceptors (Lipinski definition) is 7. The number of halogens is 2. The average Bonchev–Trinajstić information content (AvgIpc) is 3.03. The van der Waals surface area contributed by atoms with Gasteiger partial charge in [0.05, 0.1) is 19.8 Å². The van der Waals surface area contributed by atoms with Gasteiger partial charge in [-0.25, -0.2) is 0 Å². The van der Waals surface area contributed by atoms with Gasteiger partial charge in [-0.05, 0) is 37.6 Å². The van der Waals surface area contributed by atoms with E-state index < -0.39 is 6.61 Å². The quantitative estimate of drug-likeness (QED) is 0.851. The highest BCUT2D eigenvalue weighted by atomic mass is 19.3. The Morgan fingerprint density at radius 3 is 2.96 bits per heavy atom. The maximum atomic E-state index is 12.4. The molecule has 1 aromatic carbocycles. The Morgan fingerprint density at radius 2 is 2.24 bits per heavy atom. The lowest BCUT2D eigenvalue weighted by molar-refractivity contribution is -0.0512. The van der Waals surface area contributed by atoms with Crippen LogP contribution in [-0.2, 0) is 6.54 Å². The van der Waals surface area contributed by atoms with Crippen LogP contribution < -0.4 is 9.47 Å². The number of piperidine rings is 1. The second-order valence-electron chi connectivity index (χ2n) is 5.79. The van der Waals surface area contributed by atoms with Crippen molar-refractivity contribution in [2.45, 2.75) is 32.1 Å². The number of aromatic nitrogens is 2. The Balaban J connectivity index is 1.73. The first-order valence-electron chi connectivity index (χ1n) is 7.91. The van der Waals surface area contributed by atoms with E-state index in [0.717, 1.165) is 19.4 Å². The number of β-amino-alcohol motifs (C(OH)–C–C–N with tert-alkyl or cyclic N) is 1. The Bertz CT molecular complexity index is 710. The molecule has 1 atom stereocenters. The van der Waals surface area contributed by atoms with Gasteiger partial charge in [0.25, 0.3) is 0 Å². The van der Waals surface area contributed by atoms with Crippen molar-refractivity contribution in [2.75, 3.05) is 20.2 Å². The summed E-state index contributed by atoms with van der Waals surface area (Å²) in [6, 6.07) is 4.44. The molecule has 0 unspecified atom stereocenters. The molecule has 1 fully saturated rings. The maximum Gasteiger partial charge on any atom is 0.387 e. The van der Waals surface area contributed by atoms with Crippen LogP contribution in [0, 0.1) is 0 Å². The van der Waals surface area contributed by atoms with Crippen molar-refractivity contribution in [2.24, 2.45) is 0 Å². The van der Waals surface area contributed by atoms with Gasteiger partial charge >= 0.3 is 6.61 Å². The SMILES string of the molecule is COc1cc(-c2noc(CN3CCC[C@@H](O)C3)n2)ccc1OC(F)F. The van der Waals surface area contributed by atoms with Gasteiger partial charge in [-0.3, -0.25) is 4.90 Å². The molecule has 0 bridgehead atoms. The van der Waals surface area contributed by atoms with E-state index in [1.807, 2.05) is 4.90 Å². The molecule has 7 nitrogen and oxygen atoms in total. The minimum Gasteiger partial charge on any atom is -0.493 e. The van der Waals surface area contributed by atoms with E-state index in [0.29, 0.717) is 30.4 Å². The highest BCUT2D eigenvalue weighted by molar-refractivity contribution is 5.60. The van der Waals surface area contributed by atoms with Gasteiger partial charge in [-0.1, -0.05) is 5.16 Å². The summed E-state index contributed by atoms with van der Waals surface area (Å²) in [7, 11) is 1.36. The van der Waals surface area contributed by atoms with Gasteiger partial charge < -0.3 is 19.1 Å². The van der Waals surface area contributed by atoms with E-state index in [4.69, 9.17) is 9.26 Å². The lowest BCUT2D eigenvalue weighted by Crippen LogP contribution is -2.37. The number of benzene rings is 1. The zero-order chi connectivity index (χ0) is 17.8. The summed E-state index contributed by atoms with van der Waals surface area (Å²) in [4.78, 5) is 6.37. The van der Waals surface area contributed by atoms with Crippen LogP contribution in [0.15, 0.2) is 22.7 Å². The van der Waals surface area contributed by atoms with Crippen LogP contribution >= 0.6 is 0 Å². The Hall–Kier alpha value is -2.26. The summed E-state index contributed by atoms with van der Waals surface area (Å²) in [6.07, 6.45) is 1.39. The molecule has 0 amide bonds. The summed E-state index contributed by atoms with van der Waals surface area (Å²) in [5, 5.41) is 13.6. The number of alkyl halides is 2. The first kappa shape index (κ1) is 17.6. The molecule has 25 heavy (non-hydrogen) atoms. The number of ether oxygens (including phenoxy) is 2. The van der Waals surface area contributed by atoms with E-state index in [1.54, 1.807) is 6.07 Å². The molecule has 1 saturated heterocycles. The number of nitrogens with zero attached hydrogens (tertiary/aromatic N) is 3. The van der Waals surface area contributed by atoms with Gasteiger partial charge in [0.15, 0.2) is 11.5 Å². The van der Waals surface area contributed by atoms with Crippen molar-refractivity contribution in [1.82, 2.24) is 15.0 Å². The zero-order valence-electron chi connectivity index (χ0n) is 13.7. The second-order valence-corrected chi connectivity index (χ2v) is 5.79. The second kappa shape index (κ2) is 7.75. The van der Waals surface area contributed by atoms with E-state index >= 15 is 0 Å². The van der Waals surface area contributed by atoms with Gasteiger partial charge in [-0.2, -0.15) is 13.8 Å². The summed E-state index contributed by atoms with van der Waals surface area (Å²) in [5.74, 6) is 0.848. The van der Waals surface area contributed by atoms with Gasteiger partial charge in [0.2, 0.25) is 11.7 Å². The Labute approximate surface area is 143 Å². The molecule has 1 aliphatic rings. The molecular formula is C16H19F2N3O4. The number of aliphatic hydroxyl groups is 1. The van der Waals surface area contributed by atoms with Gasteiger partial charge in [0, 0.05) is 12.1 Å². The third-order valence-electron chi connectivity index (χ3n) is 3.95. The third-order valence-corrected chi connectivity index (χ3v) is 3.95. The topological polar surface area (TPSA) is 80.9 Å². The van der Waals surface area contributed by atoms with E-state index in [2.05, 4.69) is 14.9 Å². The van der Waals surface area contributed by atoms with E-state index in [-0.39, 0.29) is 17.6 Å². The monoisotopic (exact) mass is 355 g/mol. The number of hydrogen-bond donors (Lipinski definition) is 1. The number of rotatable bonds is 6. The largest absolute Gasteiger partial charge is 0.493 e. The highest BCUT2D eigenvalue weighted by Gasteiger charge is 2.20. The van der Waals surface area contributed by atoms with Crippen molar-refractivity contribution < 1.29 is 27.9 Å². The first-order chi connectivity index (χ1) is 12.0. The predicted molar refractivity (Wildman–Crippen MR) is 83.4 cm³/mol. The van der Waals surface area contributed by atoms with Crippen LogP contribution in [0.5, 0.6) is 11.5 Å². The highest BCUT2D eigenvalue weighted by Crippen LogP contribution is 2.32. The average molecular weight is 355 g/mol. The van der Waals surface area contributed by atoms with Crippen LogP contribution in [-0.4, -0.2) is 53.1 Å². The van der Waals surface area contributed by atoms with Gasteiger partial charge in [-0.15, -0.1) is 0 Å². The molecule has 0 saturated carbocycles. The number of methoxy groups -OCH3 is 1. The molecule has 1 aliphatic heterocycles. The lowest BCUT2D eigenvalue weighted by Gasteiger charge is -2.28. The minimum absolute atomic E-state index is 0.0627. The number of aliphatic hydroxyl groups excluding tert-OH is 1. The fraction of sp³-hybridized carbons (Fsp3) is 0.500. The van der Waals surface area contributed by atoms with Crippen LogP contribution in [0.4, 0.5) is 8.78 Å². The summed E-state index contributed by atoms with van der Waals surface area (Å²) in [5.41, 5.74) is 0.562. The zero-order valence-corrected chi connectivity index (χ0v) is 13.7. The van der Waals surface area contributed by atoms with Crippen LogP contribution in [0.1, 0.15) is 18.7 Å². The van der Waals surface area contributed by atoms with Crippen molar-refractivity contribution in [1.29, 1.82) is 0 Å². The van der Waals surface area contributed by atoms with Crippen molar-refractivity contribution >= 4 is 0 Å². The molecule has 0 radical (unpaired) electrons. The Morgan fingerprint density at radius 1 is 1.40 bits per heavy atom. The molecule has 1 N–H and O–H groups in total. The normalized spacial score (nSPS) is 18.5. The Kier molecular flexibility index (Phi) is 5.44. The van der Waals surface area contributed by atoms with Gasteiger partial charge in [0.1, 0.15) is 0 Å². The summed E-state index contributed by atoms with van der Waals surface area (Å²) in [6.45, 7) is -1.04. The molecule has 0 aliphatic carbocycles. The van der Waals surface area contributed by atoms with Crippen LogP contribution in [0.25, 0.3) is 11.4 Å². The summed E-state index contributed by atoms with van der Waals surface area (Å²) >= 11 is 0. The molecule has 3 rings (SSSR count). The molecule has 0 spiro atoms. The van der Waals surface area contributed by atoms with E-state index in [9.17, 15) is 13.9 Å². The molecule has 2 heterocycles. The molecule has 2 aromatic rings. The standard InChI is InChI=1S/C16H19F2N3O4/c1-23-13-7-10(4-5-12(13)24-16(17)18)15-19-14(25-20-15)9-21-6-2-3-11(22)8-21/h4-5,7,11,16,22H,2-3,6,8-9H2,1H3/t11-/m1/s1. The van der Waals surface area contributed by atoms with Crippen LogP contribution in [0.3, 0.4) is 0 Å². The molecule has 9 heteroatoms. The van der Waals surface area contributed by atoms with Crippen LogP contribution in [0.2, 0.25) is 0 Å². The van der Waals surface area contributed by atoms with E-state index in [1.165, 1.54) is 19.2 Å². The van der Waals surface area contributed by atoms with Crippen molar-refractivity contribution in [3.05, 3.63) is 24.1 Å². The summed E-state index contributed by atoms with van der Waals surface area (Å²) < 4.78 is 39.5. The van der Waals surface area contributed by atoms with Crippen molar-refractivity contribution in [3.63, 3.8) is 0 Å². The lowest BCUT2D eigenvalue weighted by atomic mass is 10.1. The first-order valence-corrected chi connectivity index (χ1v) is 7.91.